The summed E-state index contributed by atoms with van der Waals surface area (Å²) in [5.74, 6) is 0. The lowest BCUT2D eigenvalue weighted by atomic mass is 9.87. The van der Waals surface area contributed by atoms with Gasteiger partial charge >= 0.3 is 0 Å². The van der Waals surface area contributed by atoms with Crippen molar-refractivity contribution in [3.63, 3.8) is 0 Å². The summed E-state index contributed by atoms with van der Waals surface area (Å²) in [6, 6.07) is 15.0. The first-order valence-electron chi connectivity index (χ1n) is 6.94. The van der Waals surface area contributed by atoms with Crippen molar-refractivity contribution < 1.29 is 4.92 Å². The number of nitro groups is 1. The normalized spacial score (nSPS) is 11.2. The molecule has 0 fully saturated rings. The van der Waals surface area contributed by atoms with Gasteiger partial charge in [-0.15, -0.1) is 0 Å². The van der Waals surface area contributed by atoms with Crippen LogP contribution in [0.15, 0.2) is 48.5 Å². The number of para-hydroxylation sites is 1. The second kappa shape index (κ2) is 5.95. The molecule has 4 heteroatoms. The van der Waals surface area contributed by atoms with Gasteiger partial charge in [-0.05, 0) is 23.1 Å². The number of hydrogen-bond acceptors (Lipinski definition) is 3. The van der Waals surface area contributed by atoms with Gasteiger partial charge in [0.2, 0.25) is 0 Å². The molecule has 0 aliphatic rings. The van der Waals surface area contributed by atoms with Crippen LogP contribution >= 0.6 is 0 Å². The number of benzene rings is 2. The van der Waals surface area contributed by atoms with Crippen molar-refractivity contribution in [2.45, 2.75) is 32.7 Å². The SMILES string of the molecule is CC(C)(C)c1ccc(NCc2ccccc2[N+](=O)[O-])cc1. The highest BCUT2D eigenvalue weighted by Crippen LogP contribution is 2.24. The molecule has 0 spiro atoms. The molecule has 110 valence electrons. The first-order valence-corrected chi connectivity index (χ1v) is 6.94. The molecule has 2 rings (SSSR count). The summed E-state index contributed by atoms with van der Waals surface area (Å²) >= 11 is 0. The highest BCUT2D eigenvalue weighted by Gasteiger charge is 2.14. The lowest BCUT2D eigenvalue weighted by Gasteiger charge is -2.19. The minimum atomic E-state index is -0.348. The molecule has 0 heterocycles. The summed E-state index contributed by atoms with van der Waals surface area (Å²) < 4.78 is 0. The predicted molar refractivity (Wildman–Crippen MR) is 85.6 cm³/mol. The van der Waals surface area contributed by atoms with Gasteiger partial charge < -0.3 is 5.32 Å². The van der Waals surface area contributed by atoms with Crippen molar-refractivity contribution in [1.82, 2.24) is 0 Å². The molecule has 4 nitrogen and oxygen atoms in total. The number of nitrogens with zero attached hydrogens (tertiary/aromatic N) is 1. The van der Waals surface area contributed by atoms with E-state index in [0.29, 0.717) is 12.1 Å². The van der Waals surface area contributed by atoms with E-state index in [0.717, 1.165) is 5.69 Å². The van der Waals surface area contributed by atoms with Crippen LogP contribution in [0.2, 0.25) is 0 Å². The van der Waals surface area contributed by atoms with Crippen molar-refractivity contribution in [3.05, 3.63) is 69.8 Å². The number of anilines is 1. The van der Waals surface area contributed by atoms with Crippen molar-refractivity contribution in [3.8, 4) is 0 Å². The van der Waals surface area contributed by atoms with E-state index in [1.165, 1.54) is 11.6 Å². The lowest BCUT2D eigenvalue weighted by Crippen LogP contribution is -2.10. The zero-order valence-electron chi connectivity index (χ0n) is 12.6. The van der Waals surface area contributed by atoms with Crippen molar-refractivity contribution in [2.24, 2.45) is 0 Å². The van der Waals surface area contributed by atoms with Crippen LogP contribution in [0.25, 0.3) is 0 Å². The maximum absolute atomic E-state index is 11.0. The van der Waals surface area contributed by atoms with Gasteiger partial charge in [0.25, 0.3) is 5.69 Å². The Morgan fingerprint density at radius 2 is 1.67 bits per heavy atom. The summed E-state index contributed by atoms with van der Waals surface area (Å²) in [5.41, 5.74) is 3.18. The Balaban J connectivity index is 2.09. The second-order valence-electron chi connectivity index (χ2n) is 6.07. The van der Waals surface area contributed by atoms with Crippen LogP contribution in [0.4, 0.5) is 11.4 Å². The lowest BCUT2D eigenvalue weighted by molar-refractivity contribution is -0.385. The van der Waals surface area contributed by atoms with Crippen LogP contribution < -0.4 is 5.32 Å². The van der Waals surface area contributed by atoms with Gasteiger partial charge in [-0.3, -0.25) is 10.1 Å². The molecule has 0 atom stereocenters. The third-order valence-corrected chi connectivity index (χ3v) is 3.42. The standard InChI is InChI=1S/C17H20N2O2/c1-17(2,3)14-8-10-15(11-9-14)18-12-13-6-4-5-7-16(13)19(20)21/h4-11,18H,12H2,1-3H3. The van der Waals surface area contributed by atoms with Gasteiger partial charge in [-0.25, -0.2) is 0 Å². The predicted octanol–water partition coefficient (Wildman–Crippen LogP) is 4.50. The van der Waals surface area contributed by atoms with Crippen LogP contribution in [0.3, 0.4) is 0 Å². The third kappa shape index (κ3) is 3.81. The molecule has 2 aromatic rings. The van der Waals surface area contributed by atoms with Crippen LogP contribution in [-0.2, 0) is 12.0 Å². The zero-order chi connectivity index (χ0) is 15.5. The molecular formula is C17H20N2O2. The number of hydrogen-bond donors (Lipinski definition) is 1. The Kier molecular flexibility index (Phi) is 4.26. The molecule has 1 N–H and O–H groups in total. The van der Waals surface area contributed by atoms with Crippen molar-refractivity contribution in [2.75, 3.05) is 5.32 Å². The van der Waals surface area contributed by atoms with Gasteiger partial charge in [0.05, 0.1) is 4.92 Å². The molecule has 0 aliphatic heterocycles. The van der Waals surface area contributed by atoms with E-state index in [1.807, 2.05) is 18.2 Å². The molecule has 21 heavy (non-hydrogen) atoms. The van der Waals surface area contributed by atoms with Crippen molar-refractivity contribution >= 4 is 11.4 Å². The minimum Gasteiger partial charge on any atom is -0.381 e. The van der Waals surface area contributed by atoms with Crippen LogP contribution in [-0.4, -0.2) is 4.92 Å². The maximum Gasteiger partial charge on any atom is 0.274 e. The third-order valence-electron chi connectivity index (χ3n) is 3.42. The van der Waals surface area contributed by atoms with Gasteiger partial charge in [0.15, 0.2) is 0 Å². The Morgan fingerprint density at radius 3 is 2.24 bits per heavy atom. The van der Waals surface area contributed by atoms with E-state index in [-0.39, 0.29) is 16.0 Å². The molecule has 0 aliphatic carbocycles. The topological polar surface area (TPSA) is 55.2 Å². The highest BCUT2D eigenvalue weighted by atomic mass is 16.6. The van der Waals surface area contributed by atoms with Gasteiger partial charge in [0, 0.05) is 23.9 Å². The molecule has 0 radical (unpaired) electrons. The zero-order valence-corrected chi connectivity index (χ0v) is 12.6. The highest BCUT2D eigenvalue weighted by molar-refractivity contribution is 5.48. The molecule has 0 aromatic heterocycles. The molecule has 0 saturated carbocycles. The Morgan fingerprint density at radius 1 is 1.05 bits per heavy atom. The molecule has 0 amide bonds. The van der Waals surface area contributed by atoms with Crippen LogP contribution in [0.5, 0.6) is 0 Å². The largest absolute Gasteiger partial charge is 0.381 e. The van der Waals surface area contributed by atoms with E-state index in [9.17, 15) is 10.1 Å². The minimum absolute atomic E-state index is 0.122. The number of nitro benzene ring substituents is 1. The van der Waals surface area contributed by atoms with E-state index < -0.39 is 0 Å². The van der Waals surface area contributed by atoms with E-state index >= 15 is 0 Å². The summed E-state index contributed by atoms with van der Waals surface area (Å²) in [6.45, 7) is 6.94. The van der Waals surface area contributed by atoms with Crippen LogP contribution in [0.1, 0.15) is 31.9 Å². The fourth-order valence-corrected chi connectivity index (χ4v) is 2.12. The molecule has 0 unspecified atom stereocenters. The van der Waals surface area contributed by atoms with Gasteiger partial charge in [-0.2, -0.15) is 0 Å². The molecule has 2 aromatic carbocycles. The Hall–Kier alpha value is -2.36. The molecular weight excluding hydrogens is 264 g/mol. The van der Waals surface area contributed by atoms with E-state index in [1.54, 1.807) is 12.1 Å². The average molecular weight is 284 g/mol. The molecule has 0 bridgehead atoms. The monoisotopic (exact) mass is 284 g/mol. The first-order chi connectivity index (χ1) is 9.88. The fourth-order valence-electron chi connectivity index (χ4n) is 2.12. The summed E-state index contributed by atoms with van der Waals surface area (Å²) in [7, 11) is 0. The van der Waals surface area contributed by atoms with E-state index in [2.05, 4.69) is 38.2 Å². The first kappa shape index (κ1) is 15.0. The smallest absolute Gasteiger partial charge is 0.274 e. The van der Waals surface area contributed by atoms with Crippen LogP contribution in [0, 0.1) is 10.1 Å². The maximum atomic E-state index is 11.0. The fraction of sp³-hybridized carbons (Fsp3) is 0.294. The number of rotatable bonds is 4. The Bertz CT molecular complexity index is 628. The Labute approximate surface area is 125 Å². The quantitative estimate of drug-likeness (QED) is 0.664. The van der Waals surface area contributed by atoms with Gasteiger partial charge in [0.1, 0.15) is 0 Å². The average Bonchev–Trinajstić information content (AvgIpc) is 2.45. The molecule has 0 saturated heterocycles. The van der Waals surface area contributed by atoms with Crippen molar-refractivity contribution in [1.29, 1.82) is 0 Å². The van der Waals surface area contributed by atoms with E-state index in [4.69, 9.17) is 0 Å². The summed E-state index contributed by atoms with van der Waals surface area (Å²) in [5, 5.41) is 14.2. The summed E-state index contributed by atoms with van der Waals surface area (Å²) in [4.78, 5) is 10.6. The number of nitrogens with one attached hydrogen (secondary N) is 1. The second-order valence-corrected chi connectivity index (χ2v) is 6.07. The summed E-state index contributed by atoms with van der Waals surface area (Å²) in [6.07, 6.45) is 0. The van der Waals surface area contributed by atoms with Gasteiger partial charge in [-0.1, -0.05) is 51.1 Å².